The summed E-state index contributed by atoms with van der Waals surface area (Å²) < 4.78 is 5.75. The number of esters is 1. The highest BCUT2D eigenvalue weighted by atomic mass is 16.5. The number of fused-ring (bicyclic) bond motifs is 1. The maximum Gasteiger partial charge on any atom is 0.339 e. The van der Waals surface area contributed by atoms with Crippen molar-refractivity contribution >= 4 is 22.9 Å². The Morgan fingerprint density at radius 2 is 1.32 bits per heavy atom. The lowest BCUT2D eigenvalue weighted by Gasteiger charge is -2.17. The number of ether oxygens (including phenoxy) is 1. The maximum atomic E-state index is 12.4. The number of carbonyl (C=O) groups excluding carboxylic acids is 1. The highest BCUT2D eigenvalue weighted by Gasteiger charge is 2.30. The van der Waals surface area contributed by atoms with E-state index in [1.807, 2.05) is 53.3 Å². The van der Waals surface area contributed by atoms with E-state index in [-0.39, 0.29) is 5.97 Å². The van der Waals surface area contributed by atoms with Gasteiger partial charge in [0.25, 0.3) is 0 Å². The van der Waals surface area contributed by atoms with Crippen LogP contribution in [-0.2, 0) is 4.74 Å². The van der Waals surface area contributed by atoms with Crippen LogP contribution in [0.3, 0.4) is 0 Å². The molecule has 0 spiro atoms. The number of hydrogen-bond donors (Lipinski definition) is 0. The van der Waals surface area contributed by atoms with E-state index in [0.717, 1.165) is 39.2 Å². The third-order valence-electron chi connectivity index (χ3n) is 5.67. The molecule has 0 saturated carbocycles. The highest BCUT2D eigenvalue weighted by molar-refractivity contribution is 5.95. The van der Waals surface area contributed by atoms with Crippen molar-refractivity contribution in [1.82, 2.24) is 0 Å². The van der Waals surface area contributed by atoms with Crippen LogP contribution in [0.15, 0.2) is 72.8 Å². The summed E-state index contributed by atoms with van der Waals surface area (Å²) in [6, 6.07) is 22.8. The van der Waals surface area contributed by atoms with Crippen molar-refractivity contribution in [1.29, 1.82) is 0 Å². The van der Waals surface area contributed by atoms with E-state index in [1.54, 1.807) is 0 Å². The molecule has 0 bridgehead atoms. The third kappa shape index (κ3) is 4.19. The summed E-state index contributed by atoms with van der Waals surface area (Å²) >= 11 is 0. The number of rotatable bonds is 5. The largest absolute Gasteiger partial charge is 0.450 e. The van der Waals surface area contributed by atoms with Crippen LogP contribution in [0.5, 0.6) is 0 Å². The van der Waals surface area contributed by atoms with Crippen LogP contribution in [0.1, 0.15) is 38.7 Å². The first-order chi connectivity index (χ1) is 14.8. The number of benzene rings is 3. The molecule has 0 aromatic heterocycles. The minimum Gasteiger partial charge on any atom is -0.450 e. The van der Waals surface area contributed by atoms with Gasteiger partial charge in [-0.3, -0.25) is 0 Å². The molecule has 3 aromatic rings. The number of hydrogen-bond acceptors (Lipinski definition) is 4. The first-order valence-corrected chi connectivity index (χ1v) is 10.4. The molecule has 0 aliphatic carbocycles. The molecular weight excluding hydrogens is 384 g/mol. The zero-order valence-corrected chi connectivity index (χ0v) is 18.7. The molecule has 1 aliphatic heterocycles. The summed E-state index contributed by atoms with van der Waals surface area (Å²) in [6.07, 6.45) is 1.66. The zero-order valence-electron chi connectivity index (χ0n) is 18.7. The normalized spacial score (nSPS) is 14.6. The number of carbonyl (C=O) groups is 1. The molecule has 3 aromatic carbocycles. The van der Waals surface area contributed by atoms with Crippen molar-refractivity contribution < 1.29 is 9.53 Å². The Labute approximate surface area is 184 Å². The fraction of sp³-hybridized carbons (Fsp3) is 0.222. The van der Waals surface area contributed by atoms with Gasteiger partial charge in [-0.2, -0.15) is 0 Å². The van der Waals surface area contributed by atoms with Crippen LogP contribution < -0.4 is 9.80 Å². The van der Waals surface area contributed by atoms with Gasteiger partial charge in [0.1, 0.15) is 6.10 Å². The van der Waals surface area contributed by atoms with Gasteiger partial charge in [0.15, 0.2) is 0 Å². The van der Waals surface area contributed by atoms with Crippen LogP contribution >= 0.6 is 0 Å². The Kier molecular flexibility index (Phi) is 5.55. The standard InChI is InChI=1S/C27H28N2O2/c1-18-6-15-23-25(16-18)26(31-27(23)30)17-24(19-7-11-21(12-8-19)28(2)3)20-9-13-22(14-10-20)29(4)5/h6-17,26H,1-5H3. The predicted octanol–water partition coefficient (Wildman–Crippen LogP) is 5.47. The van der Waals surface area contributed by atoms with Gasteiger partial charge in [0.05, 0.1) is 5.56 Å². The minimum absolute atomic E-state index is 0.262. The number of aryl methyl sites for hydroxylation is 1. The van der Waals surface area contributed by atoms with Crippen molar-refractivity contribution in [2.24, 2.45) is 0 Å². The van der Waals surface area contributed by atoms with E-state index < -0.39 is 6.10 Å². The molecule has 1 aliphatic rings. The zero-order chi connectivity index (χ0) is 22.1. The van der Waals surface area contributed by atoms with Gasteiger partial charge in [-0.05, 0) is 60.0 Å². The second-order valence-corrected chi connectivity index (χ2v) is 8.38. The van der Waals surface area contributed by atoms with Gasteiger partial charge in [-0.15, -0.1) is 0 Å². The Morgan fingerprint density at radius 3 is 1.81 bits per heavy atom. The van der Waals surface area contributed by atoms with E-state index in [4.69, 9.17) is 4.74 Å². The summed E-state index contributed by atoms with van der Waals surface area (Å²) in [4.78, 5) is 16.6. The van der Waals surface area contributed by atoms with Crippen LogP contribution in [0.2, 0.25) is 0 Å². The molecule has 0 radical (unpaired) electrons. The smallest absolute Gasteiger partial charge is 0.339 e. The van der Waals surface area contributed by atoms with E-state index >= 15 is 0 Å². The summed E-state index contributed by atoms with van der Waals surface area (Å²) in [5.74, 6) is -0.262. The molecule has 1 atom stereocenters. The molecular formula is C27H28N2O2. The van der Waals surface area contributed by atoms with E-state index in [2.05, 4.69) is 64.4 Å². The first kappa shape index (κ1) is 20.7. The highest BCUT2D eigenvalue weighted by Crippen LogP contribution is 2.36. The Hall–Kier alpha value is -3.53. The predicted molar refractivity (Wildman–Crippen MR) is 128 cm³/mol. The molecule has 0 N–H and O–H groups in total. The van der Waals surface area contributed by atoms with Gasteiger partial charge in [-0.25, -0.2) is 4.79 Å². The van der Waals surface area contributed by atoms with E-state index in [1.165, 1.54) is 0 Å². The summed E-state index contributed by atoms with van der Waals surface area (Å²) in [5.41, 5.74) is 8.18. The van der Waals surface area contributed by atoms with Crippen molar-refractivity contribution in [2.45, 2.75) is 13.0 Å². The fourth-order valence-corrected chi connectivity index (χ4v) is 3.86. The molecule has 1 heterocycles. The molecule has 0 saturated heterocycles. The van der Waals surface area contributed by atoms with Crippen LogP contribution in [0.25, 0.3) is 5.57 Å². The Bertz CT molecular complexity index is 1070. The van der Waals surface area contributed by atoms with Gasteiger partial charge >= 0.3 is 5.97 Å². The van der Waals surface area contributed by atoms with Crippen molar-refractivity contribution in [2.75, 3.05) is 38.0 Å². The quantitative estimate of drug-likeness (QED) is 0.520. The molecule has 0 amide bonds. The lowest BCUT2D eigenvalue weighted by atomic mass is 9.93. The van der Waals surface area contributed by atoms with Crippen molar-refractivity contribution in [3.8, 4) is 0 Å². The minimum atomic E-state index is -0.403. The fourth-order valence-electron chi connectivity index (χ4n) is 3.86. The van der Waals surface area contributed by atoms with Crippen molar-refractivity contribution in [3.05, 3.63) is 101 Å². The summed E-state index contributed by atoms with van der Waals surface area (Å²) in [5, 5.41) is 0. The average molecular weight is 413 g/mol. The first-order valence-electron chi connectivity index (χ1n) is 10.4. The van der Waals surface area contributed by atoms with E-state index in [0.29, 0.717) is 5.56 Å². The number of cyclic esters (lactones) is 1. The van der Waals surface area contributed by atoms with Gasteiger partial charge in [0, 0.05) is 45.1 Å². The molecule has 4 rings (SSSR count). The van der Waals surface area contributed by atoms with Crippen LogP contribution in [0, 0.1) is 6.92 Å². The lowest BCUT2D eigenvalue weighted by molar-refractivity contribution is 0.0468. The van der Waals surface area contributed by atoms with E-state index in [9.17, 15) is 4.79 Å². The summed E-state index contributed by atoms with van der Waals surface area (Å²) in [6.45, 7) is 2.03. The van der Waals surface area contributed by atoms with Crippen molar-refractivity contribution in [3.63, 3.8) is 0 Å². The van der Waals surface area contributed by atoms with Gasteiger partial charge < -0.3 is 14.5 Å². The topological polar surface area (TPSA) is 32.8 Å². The molecule has 4 heteroatoms. The van der Waals surface area contributed by atoms with Crippen LogP contribution in [-0.4, -0.2) is 34.2 Å². The molecule has 31 heavy (non-hydrogen) atoms. The lowest BCUT2D eigenvalue weighted by Crippen LogP contribution is -2.08. The molecule has 4 nitrogen and oxygen atoms in total. The van der Waals surface area contributed by atoms with Gasteiger partial charge in [-0.1, -0.05) is 42.0 Å². The maximum absolute atomic E-state index is 12.4. The molecule has 0 fully saturated rings. The SMILES string of the molecule is Cc1ccc2c(c1)C(C=C(c1ccc(N(C)C)cc1)c1ccc(N(C)C)cc1)OC2=O. The number of anilines is 2. The molecule has 1 unspecified atom stereocenters. The Balaban J connectivity index is 1.81. The number of nitrogens with zero attached hydrogens (tertiary/aromatic N) is 2. The Morgan fingerprint density at radius 1 is 0.806 bits per heavy atom. The summed E-state index contributed by atoms with van der Waals surface area (Å²) in [7, 11) is 8.12. The monoisotopic (exact) mass is 412 g/mol. The second kappa shape index (κ2) is 8.31. The molecule has 158 valence electrons. The average Bonchev–Trinajstić information content (AvgIpc) is 3.06. The van der Waals surface area contributed by atoms with Gasteiger partial charge in [0.2, 0.25) is 0 Å². The van der Waals surface area contributed by atoms with Crippen LogP contribution in [0.4, 0.5) is 11.4 Å². The second-order valence-electron chi connectivity index (χ2n) is 8.38. The third-order valence-corrected chi connectivity index (χ3v) is 5.67.